The molecule has 0 bridgehead atoms. The zero-order chi connectivity index (χ0) is 16.7. The lowest BCUT2D eigenvalue weighted by molar-refractivity contribution is 1.16. The van der Waals surface area contributed by atoms with Crippen LogP contribution in [0.1, 0.15) is 23.6 Å². The van der Waals surface area contributed by atoms with Crippen molar-refractivity contribution in [3.05, 3.63) is 77.5 Å². The summed E-state index contributed by atoms with van der Waals surface area (Å²) in [5, 5.41) is 5.18. The molecule has 0 amide bonds. The molecule has 1 heteroatoms. The summed E-state index contributed by atoms with van der Waals surface area (Å²) >= 11 is 0. The first-order valence-electron chi connectivity index (χ1n) is 8.55. The lowest BCUT2D eigenvalue weighted by atomic mass is 9.95. The summed E-state index contributed by atoms with van der Waals surface area (Å²) in [5.41, 5.74) is 6.22. The van der Waals surface area contributed by atoms with Gasteiger partial charge >= 0.3 is 0 Å². The Morgan fingerprint density at radius 2 is 1.46 bits per heavy atom. The molecule has 0 radical (unpaired) electrons. The fourth-order valence-electron chi connectivity index (χ4n) is 3.74. The minimum Gasteiger partial charge on any atom is -0.256 e. The van der Waals surface area contributed by atoms with Crippen molar-refractivity contribution in [3.8, 4) is 11.3 Å². The Morgan fingerprint density at radius 3 is 2.21 bits per heavy atom. The molecule has 0 aliphatic heterocycles. The number of rotatable bonds is 2. The van der Waals surface area contributed by atoms with Crippen LogP contribution in [-0.4, -0.2) is 4.98 Å². The number of hydrogen-bond donors (Lipinski definition) is 0. The molecular formula is C23H21N. The number of pyridine rings is 1. The van der Waals surface area contributed by atoms with Crippen LogP contribution in [0.5, 0.6) is 0 Å². The summed E-state index contributed by atoms with van der Waals surface area (Å²) in [4.78, 5) is 4.71. The van der Waals surface area contributed by atoms with Gasteiger partial charge in [-0.15, -0.1) is 0 Å². The largest absolute Gasteiger partial charge is 0.256 e. The zero-order valence-corrected chi connectivity index (χ0v) is 14.4. The fraction of sp³-hybridized carbons (Fsp3) is 0.174. The van der Waals surface area contributed by atoms with E-state index in [9.17, 15) is 0 Å². The van der Waals surface area contributed by atoms with E-state index in [1.165, 1.54) is 43.8 Å². The van der Waals surface area contributed by atoms with Crippen LogP contribution in [0.15, 0.2) is 60.8 Å². The number of aryl methyl sites for hydroxylation is 3. The van der Waals surface area contributed by atoms with Crippen molar-refractivity contribution in [1.82, 2.24) is 4.98 Å². The average molecular weight is 311 g/mol. The van der Waals surface area contributed by atoms with Crippen LogP contribution >= 0.6 is 0 Å². The van der Waals surface area contributed by atoms with Crippen molar-refractivity contribution in [2.24, 2.45) is 0 Å². The molecule has 1 nitrogen and oxygen atoms in total. The van der Waals surface area contributed by atoms with E-state index in [1.54, 1.807) is 0 Å². The Hall–Kier alpha value is -2.67. The Morgan fingerprint density at radius 1 is 0.750 bits per heavy atom. The highest BCUT2D eigenvalue weighted by Gasteiger charge is 2.10. The molecule has 118 valence electrons. The van der Waals surface area contributed by atoms with Crippen molar-refractivity contribution >= 4 is 21.5 Å². The van der Waals surface area contributed by atoms with Gasteiger partial charge in [-0.25, -0.2) is 0 Å². The Labute approximate surface area is 143 Å². The van der Waals surface area contributed by atoms with Gasteiger partial charge in [0, 0.05) is 17.1 Å². The van der Waals surface area contributed by atoms with Gasteiger partial charge in [0.15, 0.2) is 0 Å². The van der Waals surface area contributed by atoms with Crippen LogP contribution in [0.2, 0.25) is 0 Å². The molecule has 3 aromatic carbocycles. The summed E-state index contributed by atoms with van der Waals surface area (Å²) in [6, 6.07) is 19.9. The van der Waals surface area contributed by atoms with Gasteiger partial charge in [-0.1, -0.05) is 54.4 Å². The maximum atomic E-state index is 4.71. The van der Waals surface area contributed by atoms with Crippen LogP contribution in [0.4, 0.5) is 0 Å². The van der Waals surface area contributed by atoms with E-state index in [0.717, 1.165) is 12.1 Å². The van der Waals surface area contributed by atoms with Gasteiger partial charge in [-0.2, -0.15) is 0 Å². The van der Waals surface area contributed by atoms with Crippen molar-refractivity contribution in [2.75, 3.05) is 0 Å². The summed E-state index contributed by atoms with van der Waals surface area (Å²) in [5.74, 6) is 0. The molecule has 0 unspecified atom stereocenters. The fourth-order valence-corrected chi connectivity index (χ4v) is 3.74. The quantitative estimate of drug-likeness (QED) is 0.400. The molecule has 1 aromatic heterocycles. The summed E-state index contributed by atoms with van der Waals surface area (Å²) in [7, 11) is 0. The standard InChI is InChI=1S/C23H21N/c1-4-17-6-5-7-20-19(17)8-9-22-21(20)10-11-24-23(22)18-13-15(2)12-16(3)14-18/h5-14H,4H2,1-3H3. The molecule has 0 spiro atoms. The predicted molar refractivity (Wildman–Crippen MR) is 104 cm³/mol. The van der Waals surface area contributed by atoms with Crippen LogP contribution < -0.4 is 0 Å². The van der Waals surface area contributed by atoms with E-state index in [1.807, 2.05) is 6.20 Å². The second kappa shape index (κ2) is 5.76. The predicted octanol–water partition coefficient (Wildman–Crippen LogP) is 6.23. The van der Waals surface area contributed by atoms with E-state index in [0.29, 0.717) is 0 Å². The van der Waals surface area contributed by atoms with E-state index in [-0.39, 0.29) is 0 Å². The molecule has 4 aromatic rings. The molecule has 0 fully saturated rings. The Kier molecular flexibility index (Phi) is 3.57. The van der Waals surface area contributed by atoms with E-state index < -0.39 is 0 Å². The van der Waals surface area contributed by atoms with Gasteiger partial charge in [-0.3, -0.25) is 4.98 Å². The third kappa shape index (κ3) is 2.37. The van der Waals surface area contributed by atoms with E-state index in [2.05, 4.69) is 75.4 Å². The highest BCUT2D eigenvalue weighted by molar-refractivity contribution is 6.11. The molecule has 24 heavy (non-hydrogen) atoms. The zero-order valence-electron chi connectivity index (χ0n) is 14.4. The van der Waals surface area contributed by atoms with Crippen molar-refractivity contribution in [2.45, 2.75) is 27.2 Å². The monoisotopic (exact) mass is 311 g/mol. The average Bonchev–Trinajstić information content (AvgIpc) is 2.59. The topological polar surface area (TPSA) is 12.9 Å². The summed E-state index contributed by atoms with van der Waals surface area (Å²) < 4.78 is 0. The smallest absolute Gasteiger partial charge is 0.0780 e. The van der Waals surface area contributed by atoms with Crippen molar-refractivity contribution < 1.29 is 0 Å². The number of nitrogens with zero attached hydrogens (tertiary/aromatic N) is 1. The maximum Gasteiger partial charge on any atom is 0.0780 e. The number of fused-ring (bicyclic) bond motifs is 3. The van der Waals surface area contributed by atoms with Gasteiger partial charge in [0.25, 0.3) is 0 Å². The first-order valence-corrected chi connectivity index (χ1v) is 8.55. The third-order valence-corrected chi connectivity index (χ3v) is 4.77. The van der Waals surface area contributed by atoms with Crippen LogP contribution in [0, 0.1) is 13.8 Å². The van der Waals surface area contributed by atoms with E-state index in [4.69, 9.17) is 4.98 Å². The molecule has 0 saturated heterocycles. The second-order valence-electron chi connectivity index (χ2n) is 6.56. The minimum atomic E-state index is 1.05. The third-order valence-electron chi connectivity index (χ3n) is 4.77. The van der Waals surface area contributed by atoms with Crippen LogP contribution in [0.3, 0.4) is 0 Å². The van der Waals surface area contributed by atoms with Gasteiger partial charge in [0.1, 0.15) is 0 Å². The molecule has 0 aliphatic rings. The maximum absolute atomic E-state index is 4.71. The molecule has 0 aliphatic carbocycles. The van der Waals surface area contributed by atoms with Gasteiger partial charge in [0.05, 0.1) is 5.69 Å². The Balaban J connectivity index is 2.07. The van der Waals surface area contributed by atoms with Gasteiger partial charge in [0.2, 0.25) is 0 Å². The summed E-state index contributed by atoms with van der Waals surface area (Å²) in [6.07, 6.45) is 2.99. The van der Waals surface area contributed by atoms with Crippen molar-refractivity contribution in [3.63, 3.8) is 0 Å². The Bertz CT molecular complexity index is 1040. The highest BCUT2D eigenvalue weighted by atomic mass is 14.7. The van der Waals surface area contributed by atoms with Crippen molar-refractivity contribution in [1.29, 1.82) is 0 Å². The van der Waals surface area contributed by atoms with Crippen LogP contribution in [0.25, 0.3) is 32.8 Å². The molecule has 0 atom stereocenters. The molecular weight excluding hydrogens is 290 g/mol. The SMILES string of the molecule is CCc1cccc2c1ccc1c(-c3cc(C)cc(C)c3)nccc12. The normalized spacial score (nSPS) is 11.3. The second-order valence-corrected chi connectivity index (χ2v) is 6.56. The van der Waals surface area contributed by atoms with Gasteiger partial charge in [-0.05, 0) is 60.2 Å². The van der Waals surface area contributed by atoms with Crippen LogP contribution in [-0.2, 0) is 6.42 Å². The highest BCUT2D eigenvalue weighted by Crippen LogP contribution is 2.33. The lowest BCUT2D eigenvalue weighted by Crippen LogP contribution is -1.90. The van der Waals surface area contributed by atoms with E-state index >= 15 is 0 Å². The molecule has 4 rings (SSSR count). The summed E-state index contributed by atoms with van der Waals surface area (Å²) in [6.45, 7) is 6.50. The number of hydrogen-bond acceptors (Lipinski definition) is 1. The molecule has 1 heterocycles. The number of aromatic nitrogens is 1. The number of benzene rings is 3. The first kappa shape index (κ1) is 14.9. The molecule has 0 saturated carbocycles. The lowest BCUT2D eigenvalue weighted by Gasteiger charge is -2.11. The minimum absolute atomic E-state index is 1.05. The van der Waals surface area contributed by atoms with Gasteiger partial charge < -0.3 is 0 Å². The molecule has 0 N–H and O–H groups in total. The first-order chi connectivity index (χ1) is 11.7.